The van der Waals surface area contributed by atoms with Gasteiger partial charge in [0.2, 0.25) is 0 Å². The Balaban J connectivity index is 1.71. The van der Waals surface area contributed by atoms with Crippen molar-refractivity contribution in [1.82, 2.24) is 9.88 Å². The highest BCUT2D eigenvalue weighted by Crippen LogP contribution is 2.34. The highest BCUT2D eigenvalue weighted by atomic mass is 19.1. The van der Waals surface area contributed by atoms with E-state index in [1.807, 2.05) is 4.57 Å². The van der Waals surface area contributed by atoms with Crippen LogP contribution >= 0.6 is 0 Å². The molecule has 1 aliphatic rings. The summed E-state index contributed by atoms with van der Waals surface area (Å²) in [5.41, 5.74) is 1.69. The van der Waals surface area contributed by atoms with E-state index in [1.165, 1.54) is 6.07 Å². The van der Waals surface area contributed by atoms with Crippen molar-refractivity contribution >= 4 is 5.97 Å². The van der Waals surface area contributed by atoms with Crippen molar-refractivity contribution in [2.24, 2.45) is 0 Å². The van der Waals surface area contributed by atoms with Gasteiger partial charge in [0.05, 0.1) is 12.2 Å². The van der Waals surface area contributed by atoms with E-state index in [-0.39, 0.29) is 29.7 Å². The summed E-state index contributed by atoms with van der Waals surface area (Å²) in [6.45, 7) is 3.42. The zero-order valence-corrected chi connectivity index (χ0v) is 17.4. The number of hydrogen-bond donors (Lipinski definition) is 1. The molecular formula is C24H21F2N3O3. The van der Waals surface area contributed by atoms with Crippen molar-refractivity contribution in [1.29, 1.82) is 5.26 Å². The second-order valence-corrected chi connectivity index (χ2v) is 7.33. The van der Waals surface area contributed by atoms with Gasteiger partial charge in [0.25, 0.3) is 0 Å². The van der Waals surface area contributed by atoms with Gasteiger partial charge in [-0.15, -0.1) is 0 Å². The molecule has 0 amide bonds. The minimum atomic E-state index is -0.804. The molecule has 1 fully saturated rings. The molecule has 1 N–H and O–H groups in total. The Morgan fingerprint density at radius 1 is 1.22 bits per heavy atom. The fourth-order valence-corrected chi connectivity index (χ4v) is 3.83. The van der Waals surface area contributed by atoms with E-state index in [1.54, 1.807) is 37.4 Å². The maximum atomic E-state index is 13.9. The van der Waals surface area contributed by atoms with E-state index in [2.05, 4.69) is 11.4 Å². The van der Waals surface area contributed by atoms with Crippen LogP contribution in [0.3, 0.4) is 0 Å². The van der Waals surface area contributed by atoms with Crippen molar-refractivity contribution in [2.45, 2.75) is 19.4 Å². The zero-order valence-electron chi connectivity index (χ0n) is 17.4. The SMILES string of the molecule is CCOC(=O)c1c(C#N)c(-c2ccc(Oc3c(F)cccc3F)cc2)cn1[C@@H]1CCNC1. The lowest BCUT2D eigenvalue weighted by atomic mass is 10.0. The van der Waals surface area contributed by atoms with E-state index in [0.29, 0.717) is 17.7 Å². The van der Waals surface area contributed by atoms with Crippen LogP contribution in [0.1, 0.15) is 35.4 Å². The Bertz CT molecular complexity index is 1160. The molecule has 164 valence electrons. The average molecular weight is 437 g/mol. The first-order valence-electron chi connectivity index (χ1n) is 10.3. The van der Waals surface area contributed by atoms with Crippen LogP contribution in [0.4, 0.5) is 8.78 Å². The Kier molecular flexibility index (Phi) is 6.19. The summed E-state index contributed by atoms with van der Waals surface area (Å²) in [5, 5.41) is 13.1. The number of hydrogen-bond acceptors (Lipinski definition) is 5. The molecule has 0 aliphatic carbocycles. The van der Waals surface area contributed by atoms with Crippen molar-refractivity contribution in [2.75, 3.05) is 19.7 Å². The van der Waals surface area contributed by atoms with Crippen LogP contribution in [0.5, 0.6) is 11.5 Å². The van der Waals surface area contributed by atoms with E-state index < -0.39 is 23.4 Å². The molecule has 6 nitrogen and oxygen atoms in total. The van der Waals surface area contributed by atoms with E-state index in [0.717, 1.165) is 25.1 Å². The first kappa shape index (κ1) is 21.5. The summed E-state index contributed by atoms with van der Waals surface area (Å²) in [4.78, 5) is 12.7. The van der Waals surface area contributed by atoms with E-state index in [9.17, 15) is 18.8 Å². The molecule has 2 aromatic carbocycles. The molecule has 32 heavy (non-hydrogen) atoms. The van der Waals surface area contributed by atoms with Crippen LogP contribution in [0.15, 0.2) is 48.7 Å². The Hall–Kier alpha value is -3.70. The molecule has 0 radical (unpaired) electrons. The van der Waals surface area contributed by atoms with Gasteiger partial charge in [0.1, 0.15) is 17.5 Å². The van der Waals surface area contributed by atoms with Crippen LogP contribution in [0.25, 0.3) is 11.1 Å². The topological polar surface area (TPSA) is 76.3 Å². The van der Waals surface area contributed by atoms with Gasteiger partial charge < -0.3 is 19.4 Å². The molecule has 8 heteroatoms. The molecular weight excluding hydrogens is 416 g/mol. The van der Waals surface area contributed by atoms with Gasteiger partial charge in [-0.3, -0.25) is 0 Å². The second-order valence-electron chi connectivity index (χ2n) is 7.33. The van der Waals surface area contributed by atoms with E-state index >= 15 is 0 Å². The summed E-state index contributed by atoms with van der Waals surface area (Å²) in [6.07, 6.45) is 2.61. The summed E-state index contributed by atoms with van der Waals surface area (Å²) in [6, 6.07) is 12.1. The lowest BCUT2D eigenvalue weighted by Gasteiger charge is -2.14. The number of para-hydroxylation sites is 1. The summed E-state index contributed by atoms with van der Waals surface area (Å²) in [5.74, 6) is -2.40. The Morgan fingerprint density at radius 3 is 2.53 bits per heavy atom. The predicted molar refractivity (Wildman–Crippen MR) is 113 cm³/mol. The van der Waals surface area contributed by atoms with Gasteiger partial charge in [-0.05, 0) is 49.7 Å². The average Bonchev–Trinajstić information content (AvgIpc) is 3.44. The molecule has 1 aromatic heterocycles. The predicted octanol–water partition coefficient (Wildman–Crippen LogP) is 4.81. The first-order chi connectivity index (χ1) is 15.5. The Labute approximate surface area is 184 Å². The third-order valence-corrected chi connectivity index (χ3v) is 5.34. The highest BCUT2D eigenvalue weighted by molar-refractivity contribution is 5.94. The molecule has 3 aromatic rings. The summed E-state index contributed by atoms with van der Waals surface area (Å²) < 4.78 is 40.1. The number of esters is 1. The van der Waals surface area contributed by atoms with Gasteiger partial charge in [0.15, 0.2) is 17.4 Å². The molecule has 1 saturated heterocycles. The quantitative estimate of drug-likeness (QED) is 0.560. The van der Waals surface area contributed by atoms with Gasteiger partial charge in [-0.2, -0.15) is 5.26 Å². The number of rotatable bonds is 6. The first-order valence-corrected chi connectivity index (χ1v) is 10.3. The Morgan fingerprint density at radius 2 is 1.94 bits per heavy atom. The lowest BCUT2D eigenvalue weighted by molar-refractivity contribution is 0.0511. The second kappa shape index (κ2) is 9.20. The molecule has 0 spiro atoms. The van der Waals surface area contributed by atoms with Crippen LogP contribution in [0.2, 0.25) is 0 Å². The molecule has 1 aliphatic heterocycles. The summed E-state index contributed by atoms with van der Waals surface area (Å²) >= 11 is 0. The maximum absolute atomic E-state index is 13.9. The van der Waals surface area contributed by atoms with E-state index in [4.69, 9.17) is 9.47 Å². The number of nitriles is 1. The smallest absolute Gasteiger partial charge is 0.356 e. The summed E-state index contributed by atoms with van der Waals surface area (Å²) in [7, 11) is 0. The van der Waals surface area contributed by atoms with Gasteiger partial charge in [-0.25, -0.2) is 13.6 Å². The van der Waals surface area contributed by atoms with Crippen LogP contribution < -0.4 is 10.1 Å². The largest absolute Gasteiger partial charge is 0.461 e. The van der Waals surface area contributed by atoms with Crippen LogP contribution in [0, 0.1) is 23.0 Å². The number of nitrogens with one attached hydrogen (secondary N) is 1. The monoisotopic (exact) mass is 437 g/mol. The number of halogens is 2. The molecule has 0 unspecified atom stereocenters. The van der Waals surface area contributed by atoms with Crippen molar-refractivity contribution in [3.63, 3.8) is 0 Å². The number of aromatic nitrogens is 1. The number of nitrogens with zero attached hydrogens (tertiary/aromatic N) is 2. The minimum absolute atomic E-state index is 0.0295. The fraction of sp³-hybridized carbons (Fsp3) is 0.250. The number of ether oxygens (including phenoxy) is 2. The number of benzene rings is 2. The maximum Gasteiger partial charge on any atom is 0.356 e. The highest BCUT2D eigenvalue weighted by Gasteiger charge is 2.29. The normalized spacial score (nSPS) is 15.4. The number of carbonyl (C=O) groups excluding carboxylic acids is 1. The van der Waals surface area contributed by atoms with Gasteiger partial charge >= 0.3 is 5.97 Å². The standard InChI is InChI=1S/C24H21F2N3O3/c1-2-31-24(30)22-18(12-27)19(14-29(22)16-10-11-28-13-16)15-6-8-17(9-7-15)32-23-20(25)4-3-5-21(23)26/h3-9,14,16,28H,2,10-11,13H2,1H3/t16-/m1/s1. The molecule has 1 atom stereocenters. The van der Waals surface area contributed by atoms with Crippen LogP contribution in [-0.2, 0) is 4.74 Å². The fourth-order valence-electron chi connectivity index (χ4n) is 3.83. The molecule has 4 rings (SSSR count). The third-order valence-electron chi connectivity index (χ3n) is 5.34. The van der Waals surface area contributed by atoms with Crippen molar-refractivity contribution in [3.8, 4) is 28.7 Å². The molecule has 0 saturated carbocycles. The van der Waals surface area contributed by atoms with Crippen molar-refractivity contribution in [3.05, 3.63) is 71.6 Å². The molecule has 0 bridgehead atoms. The van der Waals surface area contributed by atoms with Crippen LogP contribution in [-0.4, -0.2) is 30.2 Å². The van der Waals surface area contributed by atoms with Gasteiger partial charge in [0, 0.05) is 24.3 Å². The molecule has 2 heterocycles. The minimum Gasteiger partial charge on any atom is -0.461 e. The van der Waals surface area contributed by atoms with Gasteiger partial charge in [-0.1, -0.05) is 18.2 Å². The zero-order chi connectivity index (χ0) is 22.7. The number of carbonyl (C=O) groups is 1. The lowest BCUT2D eigenvalue weighted by Crippen LogP contribution is -2.19. The third kappa shape index (κ3) is 4.07. The van der Waals surface area contributed by atoms with Crippen molar-refractivity contribution < 1.29 is 23.0 Å².